The monoisotopic (exact) mass is 434 g/mol. The molecule has 1 fully saturated rings. The molecule has 31 heavy (non-hydrogen) atoms. The predicted octanol–water partition coefficient (Wildman–Crippen LogP) is 3.06. The smallest absolute Gasteiger partial charge is 0.340 e. The Hall–Kier alpha value is -3.10. The van der Waals surface area contributed by atoms with Crippen molar-refractivity contribution in [1.29, 1.82) is 0 Å². The number of carbonyl (C=O) groups is 4. The average molecular weight is 434 g/mol. The number of imide groups is 1. The number of likely N-dealkylation sites (tertiary alicyclic amines) is 1. The molecular weight excluding hydrogens is 410 g/mol. The third-order valence-electron chi connectivity index (χ3n) is 5.57. The van der Waals surface area contributed by atoms with Crippen molar-refractivity contribution in [2.75, 3.05) is 12.4 Å². The Morgan fingerprint density at radius 2 is 1.68 bits per heavy atom. The van der Waals surface area contributed by atoms with Crippen LogP contribution in [0.3, 0.4) is 0 Å². The van der Waals surface area contributed by atoms with Crippen LogP contribution in [0.25, 0.3) is 0 Å². The Balaban J connectivity index is 1.91. The number of esters is 1. The third kappa shape index (κ3) is 4.35. The highest BCUT2D eigenvalue weighted by atomic mass is 19.1. The highest BCUT2D eigenvalue weighted by molar-refractivity contribution is 6.10. The van der Waals surface area contributed by atoms with Gasteiger partial charge in [0.1, 0.15) is 17.7 Å². The first kappa shape index (κ1) is 22.6. The molecular formula is C22H24F2N2O5. The summed E-state index contributed by atoms with van der Waals surface area (Å²) < 4.78 is 32.7. The van der Waals surface area contributed by atoms with Crippen LogP contribution < -0.4 is 5.32 Å². The van der Waals surface area contributed by atoms with Crippen LogP contribution in [0, 0.1) is 29.4 Å². The van der Waals surface area contributed by atoms with Gasteiger partial charge in [-0.15, -0.1) is 0 Å². The number of rotatable bonds is 6. The largest absolute Gasteiger partial charge is 0.465 e. The van der Waals surface area contributed by atoms with Crippen molar-refractivity contribution in [1.82, 2.24) is 4.90 Å². The number of nitrogens with zero attached hydrogens (tertiary/aromatic N) is 1. The molecule has 1 aromatic rings. The van der Waals surface area contributed by atoms with Gasteiger partial charge in [-0.3, -0.25) is 19.3 Å². The number of fused-ring (bicyclic) bond motifs is 1. The molecule has 0 bridgehead atoms. The van der Waals surface area contributed by atoms with Gasteiger partial charge >= 0.3 is 5.97 Å². The average Bonchev–Trinajstić information content (AvgIpc) is 2.98. The number of methoxy groups -OCH3 is 1. The van der Waals surface area contributed by atoms with Gasteiger partial charge < -0.3 is 10.1 Å². The second-order valence-electron chi connectivity index (χ2n) is 8.14. The molecule has 166 valence electrons. The summed E-state index contributed by atoms with van der Waals surface area (Å²) in [6.45, 7) is 3.65. The Morgan fingerprint density at radius 3 is 2.19 bits per heavy atom. The summed E-state index contributed by atoms with van der Waals surface area (Å²) in [5.74, 6) is -5.97. The summed E-state index contributed by atoms with van der Waals surface area (Å²) in [6.07, 6.45) is 4.71. The van der Waals surface area contributed by atoms with E-state index in [1.165, 1.54) is 0 Å². The number of allylic oxidation sites excluding steroid dienone is 2. The van der Waals surface area contributed by atoms with Crippen molar-refractivity contribution in [3.05, 3.63) is 41.5 Å². The second kappa shape index (κ2) is 8.95. The van der Waals surface area contributed by atoms with E-state index >= 15 is 0 Å². The van der Waals surface area contributed by atoms with Crippen LogP contribution in [0.4, 0.5) is 14.5 Å². The Kier molecular flexibility index (Phi) is 6.52. The van der Waals surface area contributed by atoms with Gasteiger partial charge in [-0.05, 0) is 31.2 Å². The molecule has 1 heterocycles. The predicted molar refractivity (Wildman–Crippen MR) is 107 cm³/mol. The van der Waals surface area contributed by atoms with Crippen LogP contribution >= 0.6 is 0 Å². The second-order valence-corrected chi connectivity index (χ2v) is 8.14. The molecule has 3 atom stereocenters. The Labute approximate surface area is 178 Å². The summed E-state index contributed by atoms with van der Waals surface area (Å²) in [7, 11) is 1.04. The summed E-state index contributed by atoms with van der Waals surface area (Å²) in [6, 6.07) is 0.140. The first-order chi connectivity index (χ1) is 14.6. The fourth-order valence-corrected chi connectivity index (χ4v) is 4.04. The van der Waals surface area contributed by atoms with E-state index in [1.54, 1.807) is 0 Å². The summed E-state index contributed by atoms with van der Waals surface area (Å²) in [4.78, 5) is 51.6. The van der Waals surface area contributed by atoms with Crippen LogP contribution in [0.15, 0.2) is 24.3 Å². The maximum atomic E-state index is 14.3. The molecule has 3 rings (SSSR count). The van der Waals surface area contributed by atoms with Crippen LogP contribution in [0.1, 0.15) is 43.5 Å². The van der Waals surface area contributed by atoms with E-state index in [-0.39, 0.29) is 12.3 Å². The maximum absolute atomic E-state index is 14.3. The Bertz CT molecular complexity index is 933. The van der Waals surface area contributed by atoms with E-state index in [0.717, 1.165) is 18.1 Å². The third-order valence-corrected chi connectivity index (χ3v) is 5.57. The molecule has 0 saturated carbocycles. The van der Waals surface area contributed by atoms with Crippen molar-refractivity contribution in [2.24, 2.45) is 17.8 Å². The number of hydrogen-bond acceptors (Lipinski definition) is 5. The summed E-state index contributed by atoms with van der Waals surface area (Å²) in [5.41, 5.74) is -0.997. The molecule has 1 aromatic carbocycles. The molecule has 0 spiro atoms. The Morgan fingerprint density at radius 1 is 1.10 bits per heavy atom. The molecule has 0 aromatic heterocycles. The van der Waals surface area contributed by atoms with Crippen molar-refractivity contribution < 1.29 is 32.7 Å². The van der Waals surface area contributed by atoms with Gasteiger partial charge in [0.05, 0.1) is 30.2 Å². The van der Waals surface area contributed by atoms with E-state index in [0.29, 0.717) is 18.9 Å². The van der Waals surface area contributed by atoms with Crippen LogP contribution in [-0.4, -0.2) is 41.7 Å². The van der Waals surface area contributed by atoms with Crippen molar-refractivity contribution in [3.8, 4) is 0 Å². The van der Waals surface area contributed by atoms with Gasteiger partial charge in [0.25, 0.3) is 0 Å². The van der Waals surface area contributed by atoms with E-state index in [1.807, 2.05) is 26.0 Å². The quantitative estimate of drug-likeness (QED) is 0.422. The first-order valence-corrected chi connectivity index (χ1v) is 10.1. The minimum Gasteiger partial charge on any atom is -0.465 e. The highest BCUT2D eigenvalue weighted by Crippen LogP contribution is 2.37. The van der Waals surface area contributed by atoms with E-state index in [2.05, 4.69) is 10.1 Å². The summed E-state index contributed by atoms with van der Waals surface area (Å²) >= 11 is 0. The van der Waals surface area contributed by atoms with Crippen molar-refractivity contribution in [2.45, 2.75) is 39.2 Å². The highest BCUT2D eigenvalue weighted by Gasteiger charge is 2.51. The summed E-state index contributed by atoms with van der Waals surface area (Å²) in [5, 5.41) is 2.31. The number of anilines is 1. The van der Waals surface area contributed by atoms with Crippen LogP contribution in [-0.2, 0) is 19.1 Å². The lowest BCUT2D eigenvalue weighted by Gasteiger charge is -2.27. The zero-order valence-corrected chi connectivity index (χ0v) is 17.5. The number of ether oxygens (including phenoxy) is 1. The molecule has 1 saturated heterocycles. The SMILES string of the molecule is COC(=O)c1cc(NC(=O)C(CC(C)C)N2C(=O)C3CC=CCC3C2=O)c(F)cc1F. The van der Waals surface area contributed by atoms with Gasteiger partial charge in [0.2, 0.25) is 17.7 Å². The fourth-order valence-electron chi connectivity index (χ4n) is 4.04. The fraction of sp³-hybridized carbons (Fsp3) is 0.455. The van der Waals surface area contributed by atoms with Gasteiger partial charge in [-0.2, -0.15) is 0 Å². The van der Waals surface area contributed by atoms with Gasteiger partial charge in [-0.25, -0.2) is 13.6 Å². The van der Waals surface area contributed by atoms with Crippen LogP contribution in [0.5, 0.6) is 0 Å². The minimum atomic E-state index is -1.16. The van der Waals surface area contributed by atoms with Gasteiger partial charge in [-0.1, -0.05) is 26.0 Å². The molecule has 1 aliphatic heterocycles. The first-order valence-electron chi connectivity index (χ1n) is 10.1. The molecule has 3 unspecified atom stereocenters. The molecule has 9 heteroatoms. The molecule has 3 amide bonds. The van der Waals surface area contributed by atoms with Crippen molar-refractivity contribution in [3.63, 3.8) is 0 Å². The number of nitrogens with one attached hydrogen (secondary N) is 1. The zero-order valence-electron chi connectivity index (χ0n) is 17.5. The van der Waals surface area contributed by atoms with Gasteiger partial charge in [0, 0.05) is 6.07 Å². The number of halogens is 2. The topological polar surface area (TPSA) is 92.8 Å². The lowest BCUT2D eigenvalue weighted by molar-refractivity contribution is -0.147. The number of amides is 3. The number of benzene rings is 1. The van der Waals surface area contributed by atoms with Gasteiger partial charge in [0.15, 0.2) is 0 Å². The van der Waals surface area contributed by atoms with Crippen LogP contribution in [0.2, 0.25) is 0 Å². The number of carbonyl (C=O) groups excluding carboxylic acids is 4. The lowest BCUT2D eigenvalue weighted by Crippen LogP contribution is -2.48. The normalized spacial score (nSPS) is 21.3. The lowest BCUT2D eigenvalue weighted by atomic mass is 9.85. The standard InChI is InChI=1S/C22H24F2N2O5/c1-11(2)8-18(26-20(28)12-6-4-5-7-13(12)21(26)29)19(27)25-17-9-14(22(30)31-3)15(23)10-16(17)24/h4-5,9-13,18H,6-8H2,1-3H3,(H,25,27). The molecule has 0 radical (unpaired) electrons. The zero-order chi connectivity index (χ0) is 22.9. The van der Waals surface area contributed by atoms with E-state index in [4.69, 9.17) is 0 Å². The number of hydrogen-bond donors (Lipinski definition) is 1. The van der Waals surface area contributed by atoms with E-state index in [9.17, 15) is 28.0 Å². The molecule has 1 N–H and O–H groups in total. The van der Waals surface area contributed by atoms with E-state index < -0.39 is 64.5 Å². The molecule has 7 nitrogen and oxygen atoms in total. The molecule has 1 aliphatic carbocycles. The maximum Gasteiger partial charge on any atom is 0.340 e. The molecule has 2 aliphatic rings. The minimum absolute atomic E-state index is 0.0548. The van der Waals surface area contributed by atoms with Crippen molar-refractivity contribution >= 4 is 29.4 Å².